The zero-order valence-electron chi connectivity index (χ0n) is 16.4. The summed E-state index contributed by atoms with van der Waals surface area (Å²) in [5.41, 5.74) is -12.4. The number of hydrogen-bond acceptors (Lipinski definition) is 4. The second-order valence-corrected chi connectivity index (χ2v) is 9.64. The van der Waals surface area contributed by atoms with Crippen LogP contribution in [0.1, 0.15) is 52.4 Å². The van der Waals surface area contributed by atoms with E-state index in [2.05, 4.69) is 41.7 Å². The maximum atomic E-state index is 11.4. The van der Waals surface area contributed by atoms with Gasteiger partial charge in [0.1, 0.15) is 12.4 Å². The molecule has 0 spiro atoms. The van der Waals surface area contributed by atoms with Gasteiger partial charge in [-0.2, -0.15) is 26.3 Å². The van der Waals surface area contributed by atoms with Gasteiger partial charge in [-0.25, -0.2) is 26.0 Å². The summed E-state index contributed by atoms with van der Waals surface area (Å²) in [6.45, 7) is 6.84. The molecule has 1 aromatic rings. The van der Waals surface area contributed by atoms with Crippen molar-refractivity contribution in [1.29, 1.82) is 0 Å². The monoisotopic (exact) mass is 489 g/mol. The van der Waals surface area contributed by atoms with E-state index >= 15 is 0 Å². The summed E-state index contributed by atoms with van der Waals surface area (Å²) in [4.78, 5) is 0. The Morgan fingerprint density at radius 2 is 1.33 bits per heavy atom. The Balaban J connectivity index is 0.000000561. The van der Waals surface area contributed by atoms with Gasteiger partial charge in [0.05, 0.1) is 13.1 Å². The highest BCUT2D eigenvalue weighted by Crippen LogP contribution is 2.36. The highest BCUT2D eigenvalue weighted by atomic mass is 32.3. The van der Waals surface area contributed by atoms with E-state index in [9.17, 15) is 43.2 Å². The quantitative estimate of drug-likeness (QED) is 0.280. The fourth-order valence-electron chi connectivity index (χ4n) is 1.98. The first-order valence-corrected chi connectivity index (χ1v) is 11.9. The molecular weight excluding hydrogens is 464 g/mol. The van der Waals surface area contributed by atoms with Crippen molar-refractivity contribution in [3.8, 4) is 0 Å². The second kappa shape index (κ2) is 11.9. The molecular formula is C15H25F6N3O4S2. The summed E-state index contributed by atoms with van der Waals surface area (Å²) in [6.07, 6.45) is 14.6. The van der Waals surface area contributed by atoms with Crippen molar-refractivity contribution in [2.45, 2.75) is 76.5 Å². The zero-order chi connectivity index (χ0) is 23.6. The maximum Gasteiger partial charge on any atom is 0.480 e. The molecule has 1 heterocycles. The van der Waals surface area contributed by atoms with Crippen molar-refractivity contribution < 1.29 is 47.7 Å². The number of unbranched alkanes of at least 4 members (excludes halogenated alkanes) is 4. The third kappa shape index (κ3) is 10.1. The summed E-state index contributed by atoms with van der Waals surface area (Å²) in [7, 11) is -13.4. The van der Waals surface area contributed by atoms with E-state index in [1.165, 1.54) is 51.6 Å². The molecule has 15 heteroatoms. The predicted octanol–water partition coefficient (Wildman–Crippen LogP) is 4.22. The van der Waals surface area contributed by atoms with Crippen LogP contribution in [0.5, 0.6) is 0 Å². The van der Waals surface area contributed by atoms with Crippen LogP contribution in [0.25, 0.3) is 4.13 Å². The number of halogens is 6. The van der Waals surface area contributed by atoms with E-state index in [-0.39, 0.29) is 0 Å². The lowest BCUT2D eigenvalue weighted by Crippen LogP contribution is -2.30. The van der Waals surface area contributed by atoms with Gasteiger partial charge in [0, 0.05) is 0 Å². The number of rotatable bonds is 10. The van der Waals surface area contributed by atoms with Crippen LogP contribution in [0.15, 0.2) is 18.7 Å². The third-order valence-electron chi connectivity index (χ3n) is 3.57. The van der Waals surface area contributed by atoms with Crippen LogP contribution in [-0.4, -0.2) is 32.4 Å². The maximum absolute atomic E-state index is 11.4. The Bertz CT molecular complexity index is 791. The minimum Gasteiger partial charge on any atom is -0.421 e. The lowest BCUT2D eigenvalue weighted by atomic mass is 10.2. The van der Waals surface area contributed by atoms with Gasteiger partial charge >= 0.3 is 11.0 Å². The molecule has 0 radical (unpaired) electrons. The van der Waals surface area contributed by atoms with E-state index in [0.717, 1.165) is 4.13 Å². The topological polar surface area (TPSA) is 91.2 Å². The Morgan fingerprint density at radius 1 is 0.833 bits per heavy atom. The average Bonchev–Trinajstić information content (AvgIpc) is 3.02. The van der Waals surface area contributed by atoms with Crippen molar-refractivity contribution in [1.82, 2.24) is 4.57 Å². The molecule has 0 atom stereocenters. The minimum atomic E-state index is -6.72. The van der Waals surface area contributed by atoms with E-state index in [1.54, 1.807) is 0 Å². The van der Waals surface area contributed by atoms with E-state index in [4.69, 9.17) is 0 Å². The van der Waals surface area contributed by atoms with Gasteiger partial charge in [0.2, 0.25) is 6.33 Å². The molecule has 0 saturated heterocycles. The lowest BCUT2D eigenvalue weighted by Gasteiger charge is -2.22. The Kier molecular flexibility index (Phi) is 11.3. The minimum absolute atomic E-state index is 0.778. The number of aryl methyl sites for hydroxylation is 2. The average molecular weight is 490 g/mol. The number of imidazole rings is 1. The molecule has 30 heavy (non-hydrogen) atoms. The van der Waals surface area contributed by atoms with Crippen molar-refractivity contribution in [3.63, 3.8) is 0 Å². The van der Waals surface area contributed by atoms with E-state index < -0.39 is 31.1 Å². The fraction of sp³-hybridized carbons (Fsp3) is 0.800. The van der Waals surface area contributed by atoms with Gasteiger partial charge in [0.25, 0.3) is 0 Å². The smallest absolute Gasteiger partial charge is 0.421 e. The molecule has 0 amide bonds. The Labute approximate surface area is 172 Å². The summed E-state index contributed by atoms with van der Waals surface area (Å²) >= 11 is 0. The van der Waals surface area contributed by atoms with Crippen molar-refractivity contribution in [3.05, 3.63) is 22.8 Å². The van der Waals surface area contributed by atoms with Crippen LogP contribution in [-0.2, 0) is 33.1 Å². The Morgan fingerprint density at radius 3 is 1.77 bits per heavy atom. The summed E-state index contributed by atoms with van der Waals surface area (Å²) in [5, 5.41) is 0. The van der Waals surface area contributed by atoms with Gasteiger partial charge < -0.3 is 4.13 Å². The van der Waals surface area contributed by atoms with Crippen LogP contribution in [0.2, 0.25) is 0 Å². The molecule has 0 N–H and O–H groups in total. The molecule has 1 rings (SSSR count). The molecule has 0 aromatic carbocycles. The molecule has 0 aliphatic heterocycles. The number of aromatic nitrogens is 2. The molecule has 178 valence electrons. The van der Waals surface area contributed by atoms with Crippen LogP contribution >= 0.6 is 0 Å². The first kappa shape index (κ1) is 28.6. The molecule has 0 unspecified atom stereocenters. The predicted molar refractivity (Wildman–Crippen MR) is 97.0 cm³/mol. The standard InChI is InChI=1S/C13H25N2.C2F6NO4S2/c1-3-5-7-8-10-15-12-11-14(13-15)9-6-4-2;3-1(4,5)14(10,11)9-15(12,13)2(6,7)8/h11-13H,3-10H2,1-2H3;/q+1;-1. The van der Waals surface area contributed by atoms with Crippen LogP contribution < -0.4 is 4.57 Å². The van der Waals surface area contributed by atoms with E-state index in [1.807, 2.05) is 0 Å². The largest absolute Gasteiger partial charge is 0.480 e. The first-order chi connectivity index (χ1) is 13.6. The molecule has 7 nitrogen and oxygen atoms in total. The van der Waals surface area contributed by atoms with Crippen molar-refractivity contribution >= 4 is 20.0 Å². The lowest BCUT2D eigenvalue weighted by molar-refractivity contribution is -0.696. The molecule has 1 aromatic heterocycles. The third-order valence-corrected chi connectivity index (χ3v) is 6.31. The number of hydrogen-bond donors (Lipinski definition) is 0. The van der Waals surface area contributed by atoms with Crippen LogP contribution in [0.3, 0.4) is 0 Å². The highest BCUT2D eigenvalue weighted by Gasteiger charge is 2.46. The normalized spacial score (nSPS) is 13.1. The first-order valence-electron chi connectivity index (χ1n) is 8.99. The summed E-state index contributed by atoms with van der Waals surface area (Å²) < 4.78 is 114. The number of alkyl halides is 6. The van der Waals surface area contributed by atoms with Crippen LogP contribution in [0.4, 0.5) is 26.3 Å². The molecule has 0 fully saturated rings. The molecule has 0 bridgehead atoms. The number of nitrogens with zero attached hydrogens (tertiary/aromatic N) is 3. The summed E-state index contributed by atoms with van der Waals surface area (Å²) in [6, 6.07) is 0. The molecule has 0 saturated carbocycles. The summed E-state index contributed by atoms with van der Waals surface area (Å²) in [5.74, 6) is 0. The molecule has 0 aliphatic carbocycles. The van der Waals surface area contributed by atoms with Crippen LogP contribution in [0, 0.1) is 0 Å². The molecule has 0 aliphatic rings. The van der Waals surface area contributed by atoms with Gasteiger partial charge in [-0.05, 0) is 19.3 Å². The highest BCUT2D eigenvalue weighted by molar-refractivity contribution is 8.13. The Hall–Kier alpha value is -1.35. The van der Waals surface area contributed by atoms with Crippen molar-refractivity contribution in [2.24, 2.45) is 0 Å². The SMILES string of the molecule is CCCCCC[n+]1ccn(CCCC)c1.O=S(=O)([N-]S(=O)(=O)C(F)(F)F)C(F)(F)F. The van der Waals surface area contributed by atoms with Gasteiger partial charge in [-0.15, -0.1) is 0 Å². The number of sulfonamides is 2. The second-order valence-electron chi connectivity index (χ2n) is 6.22. The van der Waals surface area contributed by atoms with Crippen molar-refractivity contribution in [2.75, 3.05) is 0 Å². The van der Waals surface area contributed by atoms with Gasteiger partial charge in [-0.1, -0.05) is 33.1 Å². The zero-order valence-corrected chi connectivity index (χ0v) is 18.1. The van der Waals surface area contributed by atoms with E-state index in [0.29, 0.717) is 0 Å². The fourth-order valence-corrected chi connectivity index (χ4v) is 3.69. The van der Waals surface area contributed by atoms with Gasteiger partial charge in [0.15, 0.2) is 20.0 Å². The van der Waals surface area contributed by atoms with Gasteiger partial charge in [-0.3, -0.25) is 0 Å².